The molecular formula is C19H31BrF3N3O3. The highest BCUT2D eigenvalue weighted by Gasteiger charge is 2.37. The van der Waals surface area contributed by atoms with E-state index in [0.29, 0.717) is 11.0 Å². The van der Waals surface area contributed by atoms with Crippen LogP contribution >= 0.6 is 15.9 Å². The van der Waals surface area contributed by atoms with Crippen LogP contribution in [0.1, 0.15) is 68.8 Å². The van der Waals surface area contributed by atoms with E-state index in [1.807, 2.05) is 0 Å². The Balaban J connectivity index is 0.000000604. The Bertz CT molecular complexity index is 590. The lowest BCUT2D eigenvalue weighted by Crippen LogP contribution is -2.38. The summed E-state index contributed by atoms with van der Waals surface area (Å²) in [5.41, 5.74) is 5.39. The van der Waals surface area contributed by atoms with Crippen LogP contribution in [-0.2, 0) is 0 Å². The molecule has 1 unspecified atom stereocenters. The molecule has 0 aromatic carbocycles. The molecule has 0 bridgehead atoms. The Morgan fingerprint density at radius 1 is 1.21 bits per heavy atom. The second kappa shape index (κ2) is 15.4. The molecule has 5 N–H and O–H groups in total. The number of nitrogens with two attached hydrogens (primary N) is 1. The number of carboxylic acids is 1. The maximum absolute atomic E-state index is 11.9. The van der Waals surface area contributed by atoms with E-state index in [2.05, 4.69) is 33.2 Å². The fourth-order valence-corrected chi connectivity index (χ4v) is 2.72. The highest BCUT2D eigenvalue weighted by molar-refractivity contribution is 9.10. The van der Waals surface area contributed by atoms with Crippen molar-refractivity contribution in [1.82, 2.24) is 10.3 Å². The fourth-order valence-electron chi connectivity index (χ4n) is 2.37. The van der Waals surface area contributed by atoms with Crippen molar-refractivity contribution in [1.29, 1.82) is 0 Å². The Morgan fingerprint density at radius 3 is 2.24 bits per heavy atom. The van der Waals surface area contributed by atoms with Gasteiger partial charge in [0.15, 0.2) is 11.8 Å². The number of rotatable bonds is 12. The van der Waals surface area contributed by atoms with Crippen LogP contribution in [-0.4, -0.2) is 46.5 Å². The number of aliphatic hydroxyl groups excluding tert-OH is 1. The zero-order chi connectivity index (χ0) is 22.3. The number of carbonyl (C=O) groups is 1. The lowest BCUT2D eigenvalue weighted by molar-refractivity contribution is -0.201. The maximum atomic E-state index is 11.9. The van der Waals surface area contributed by atoms with Gasteiger partial charge in [-0.3, -0.25) is 0 Å². The third kappa shape index (κ3) is 14.3. The number of pyridine rings is 1. The molecule has 1 aromatic heterocycles. The van der Waals surface area contributed by atoms with Crippen molar-refractivity contribution in [3.63, 3.8) is 0 Å². The van der Waals surface area contributed by atoms with Crippen molar-refractivity contribution in [2.24, 2.45) is 0 Å². The van der Waals surface area contributed by atoms with Gasteiger partial charge in [-0.1, -0.05) is 51.9 Å². The summed E-state index contributed by atoms with van der Waals surface area (Å²) in [4.78, 5) is 14.0. The van der Waals surface area contributed by atoms with Crippen LogP contribution in [0.4, 0.5) is 18.9 Å². The van der Waals surface area contributed by atoms with Crippen molar-refractivity contribution < 1.29 is 28.2 Å². The molecule has 0 spiro atoms. The average molecular weight is 486 g/mol. The summed E-state index contributed by atoms with van der Waals surface area (Å²) in [6, 6.07) is 1.50. The fraction of sp³-hybridized carbons (Fsp3) is 0.684. The Hall–Kier alpha value is -1.39. The number of aliphatic hydroxyl groups is 1. The molecule has 0 aliphatic heterocycles. The smallest absolute Gasteiger partial charge is 0.415 e. The van der Waals surface area contributed by atoms with Gasteiger partial charge < -0.3 is 21.3 Å². The summed E-state index contributed by atoms with van der Waals surface area (Å²) < 4.78 is 36.5. The third-order valence-corrected chi connectivity index (χ3v) is 4.44. The summed E-state index contributed by atoms with van der Waals surface area (Å²) >= 11 is 3.11. The van der Waals surface area contributed by atoms with Gasteiger partial charge in [0.05, 0.1) is 5.69 Å². The maximum Gasteiger partial charge on any atom is 0.415 e. The molecule has 1 atom stereocenters. The number of halogens is 4. The molecule has 0 saturated carbocycles. The molecule has 0 amide bonds. The van der Waals surface area contributed by atoms with E-state index >= 15 is 0 Å². The van der Waals surface area contributed by atoms with E-state index in [1.54, 1.807) is 0 Å². The number of carboxylic acid groups (broad SMARTS) is 1. The Labute approximate surface area is 178 Å². The van der Waals surface area contributed by atoms with Gasteiger partial charge in [-0.25, -0.2) is 9.78 Å². The zero-order valence-corrected chi connectivity index (χ0v) is 18.2. The number of anilines is 1. The standard InChI is InChI=1S/C13H26F3NO.C6H5BrN2O2/c1-2-3-4-5-6-7-8-9-10-17-11-12(18)13(14,15)16;7-3-1-4(8)5(6(10)11)9-2-3/h12,17-18H,2-11H2,1H3;1-2H,8H2,(H,10,11). The molecule has 1 heterocycles. The van der Waals surface area contributed by atoms with Gasteiger partial charge in [0, 0.05) is 17.2 Å². The molecule has 1 aromatic rings. The summed E-state index contributed by atoms with van der Waals surface area (Å²) in [6.07, 6.45) is 3.99. The number of alkyl halides is 3. The Kier molecular flexibility index (Phi) is 14.7. The first kappa shape index (κ1) is 27.6. The molecular weight excluding hydrogens is 455 g/mol. The monoisotopic (exact) mass is 485 g/mol. The first-order valence-corrected chi connectivity index (χ1v) is 10.5. The molecule has 0 aliphatic carbocycles. The molecule has 29 heavy (non-hydrogen) atoms. The van der Waals surface area contributed by atoms with Gasteiger partial charge in [-0.2, -0.15) is 13.2 Å². The van der Waals surface area contributed by atoms with E-state index in [-0.39, 0.29) is 11.4 Å². The lowest BCUT2D eigenvalue weighted by atomic mass is 10.1. The largest absolute Gasteiger partial charge is 0.476 e. The number of aromatic carboxylic acids is 1. The van der Waals surface area contributed by atoms with E-state index in [0.717, 1.165) is 19.3 Å². The lowest BCUT2D eigenvalue weighted by Gasteiger charge is -2.14. The second-order valence-electron chi connectivity index (χ2n) is 6.63. The van der Waals surface area contributed by atoms with Crippen LogP contribution in [0.2, 0.25) is 0 Å². The van der Waals surface area contributed by atoms with Crippen LogP contribution in [0, 0.1) is 0 Å². The normalized spacial score (nSPS) is 12.2. The summed E-state index contributed by atoms with van der Waals surface area (Å²) in [5, 5.41) is 19.9. The van der Waals surface area contributed by atoms with Crippen LogP contribution in [0.3, 0.4) is 0 Å². The average Bonchev–Trinajstić information content (AvgIpc) is 2.62. The molecule has 1 rings (SSSR count). The van der Waals surface area contributed by atoms with Crippen molar-refractivity contribution in [3.05, 3.63) is 22.4 Å². The van der Waals surface area contributed by atoms with E-state index in [1.165, 1.54) is 44.4 Å². The molecule has 0 aliphatic rings. The van der Waals surface area contributed by atoms with Crippen LogP contribution in [0.5, 0.6) is 0 Å². The quantitative estimate of drug-likeness (QED) is 0.317. The van der Waals surface area contributed by atoms with Crippen LogP contribution in [0.15, 0.2) is 16.7 Å². The molecule has 0 saturated heterocycles. The SMILES string of the molecule is CCCCCCCCCCNCC(O)C(F)(F)F.Nc1cc(Br)cnc1C(=O)O. The predicted octanol–water partition coefficient (Wildman–Crippen LogP) is 4.76. The number of unbranched alkanes of at least 4 members (excludes halogenated alkanes) is 7. The number of hydrogen-bond donors (Lipinski definition) is 4. The minimum Gasteiger partial charge on any atom is -0.476 e. The van der Waals surface area contributed by atoms with Crippen molar-refractivity contribution >= 4 is 27.6 Å². The molecule has 0 fully saturated rings. The third-order valence-electron chi connectivity index (χ3n) is 4.01. The van der Waals surface area contributed by atoms with Gasteiger partial charge in [0.2, 0.25) is 0 Å². The number of hydrogen-bond acceptors (Lipinski definition) is 5. The predicted molar refractivity (Wildman–Crippen MR) is 111 cm³/mol. The molecule has 6 nitrogen and oxygen atoms in total. The highest BCUT2D eigenvalue weighted by Crippen LogP contribution is 2.19. The van der Waals surface area contributed by atoms with Crippen LogP contribution in [0.25, 0.3) is 0 Å². The number of aromatic nitrogens is 1. The van der Waals surface area contributed by atoms with Gasteiger partial charge in [-0.05, 0) is 35.0 Å². The number of nitrogens with one attached hydrogen (secondary N) is 1. The zero-order valence-electron chi connectivity index (χ0n) is 16.6. The van der Waals surface area contributed by atoms with Gasteiger partial charge in [0.1, 0.15) is 0 Å². The highest BCUT2D eigenvalue weighted by atomic mass is 79.9. The topological polar surface area (TPSA) is 108 Å². The second-order valence-corrected chi connectivity index (χ2v) is 7.55. The van der Waals surface area contributed by atoms with E-state index in [4.69, 9.17) is 15.9 Å². The minimum absolute atomic E-state index is 0.117. The first-order valence-electron chi connectivity index (χ1n) is 9.69. The van der Waals surface area contributed by atoms with Crippen LogP contribution < -0.4 is 11.1 Å². The van der Waals surface area contributed by atoms with E-state index < -0.39 is 24.8 Å². The number of nitrogens with zero attached hydrogens (tertiary/aromatic N) is 1. The summed E-state index contributed by atoms with van der Waals surface area (Å²) in [6.45, 7) is 2.32. The molecule has 168 valence electrons. The van der Waals surface area contributed by atoms with Crippen molar-refractivity contribution in [3.8, 4) is 0 Å². The van der Waals surface area contributed by atoms with Crippen molar-refractivity contribution in [2.45, 2.75) is 70.6 Å². The number of nitrogen functional groups attached to an aromatic ring is 1. The van der Waals surface area contributed by atoms with Gasteiger partial charge in [0.25, 0.3) is 0 Å². The van der Waals surface area contributed by atoms with Crippen molar-refractivity contribution in [2.75, 3.05) is 18.8 Å². The summed E-state index contributed by atoms with van der Waals surface area (Å²) in [7, 11) is 0. The summed E-state index contributed by atoms with van der Waals surface area (Å²) in [5.74, 6) is -1.12. The molecule has 10 heteroatoms. The van der Waals surface area contributed by atoms with Gasteiger partial charge >= 0.3 is 12.1 Å². The van der Waals surface area contributed by atoms with E-state index in [9.17, 15) is 18.0 Å². The Morgan fingerprint density at radius 2 is 1.76 bits per heavy atom. The molecule has 0 radical (unpaired) electrons. The minimum atomic E-state index is -4.51. The van der Waals surface area contributed by atoms with Gasteiger partial charge in [-0.15, -0.1) is 0 Å². The first-order chi connectivity index (χ1) is 13.6.